The number of hydrogen-bond donors (Lipinski definition) is 1. The molecular formula is C17H23N3O. The molecule has 0 aliphatic rings. The van der Waals surface area contributed by atoms with Gasteiger partial charge in [-0.15, -0.1) is 0 Å². The third-order valence-corrected chi connectivity index (χ3v) is 2.99. The Bertz CT molecular complexity index is 555. The second-order valence-electron chi connectivity index (χ2n) is 5.38. The van der Waals surface area contributed by atoms with E-state index in [2.05, 4.69) is 42.1 Å². The van der Waals surface area contributed by atoms with Gasteiger partial charge in [0.15, 0.2) is 0 Å². The molecule has 2 aromatic rings. The van der Waals surface area contributed by atoms with Crippen molar-refractivity contribution in [3.8, 4) is 11.6 Å². The van der Waals surface area contributed by atoms with Gasteiger partial charge in [-0.05, 0) is 30.2 Å². The van der Waals surface area contributed by atoms with E-state index in [-0.39, 0.29) is 0 Å². The van der Waals surface area contributed by atoms with Crippen LogP contribution < -0.4 is 10.1 Å². The number of nitrogens with zero attached hydrogens (tertiary/aromatic N) is 2. The highest BCUT2D eigenvalue weighted by molar-refractivity contribution is 5.29. The van der Waals surface area contributed by atoms with Crippen LogP contribution in [0.5, 0.6) is 11.6 Å². The molecule has 0 radical (unpaired) electrons. The monoisotopic (exact) mass is 285 g/mol. The van der Waals surface area contributed by atoms with E-state index in [1.54, 1.807) is 12.4 Å². The summed E-state index contributed by atoms with van der Waals surface area (Å²) in [4.78, 5) is 8.62. The Morgan fingerprint density at radius 2 is 2.14 bits per heavy atom. The van der Waals surface area contributed by atoms with Gasteiger partial charge in [-0.25, -0.2) is 4.98 Å². The summed E-state index contributed by atoms with van der Waals surface area (Å²) < 4.78 is 5.81. The molecule has 2 aromatic heterocycles. The van der Waals surface area contributed by atoms with Crippen molar-refractivity contribution in [2.24, 2.45) is 0 Å². The topological polar surface area (TPSA) is 47.0 Å². The largest absolute Gasteiger partial charge is 0.437 e. The minimum absolute atomic E-state index is 0.454. The van der Waals surface area contributed by atoms with Crippen molar-refractivity contribution < 1.29 is 4.74 Å². The lowest BCUT2D eigenvalue weighted by Gasteiger charge is -2.12. The highest BCUT2D eigenvalue weighted by atomic mass is 16.5. The van der Waals surface area contributed by atoms with E-state index >= 15 is 0 Å². The molecule has 0 saturated carbocycles. The number of hydrogen-bond acceptors (Lipinski definition) is 4. The number of pyridine rings is 2. The Balaban J connectivity index is 2.18. The Hall–Kier alpha value is -1.94. The number of aromatic nitrogens is 2. The average molecular weight is 285 g/mol. The van der Waals surface area contributed by atoms with E-state index in [0.29, 0.717) is 17.7 Å². The normalized spacial score (nSPS) is 10.9. The minimum atomic E-state index is 0.454. The average Bonchev–Trinajstić information content (AvgIpc) is 2.46. The highest BCUT2D eigenvalue weighted by Gasteiger charge is 2.06. The van der Waals surface area contributed by atoms with E-state index in [9.17, 15) is 0 Å². The number of ether oxygens (including phenoxy) is 1. The molecule has 4 heteroatoms. The van der Waals surface area contributed by atoms with Gasteiger partial charge in [0.25, 0.3) is 0 Å². The molecule has 0 bridgehead atoms. The van der Waals surface area contributed by atoms with Crippen LogP contribution in [0.3, 0.4) is 0 Å². The number of aryl methyl sites for hydroxylation is 1. The lowest BCUT2D eigenvalue weighted by atomic mass is 10.1. The first-order valence-electron chi connectivity index (χ1n) is 7.48. The van der Waals surface area contributed by atoms with Crippen LogP contribution in [0.4, 0.5) is 0 Å². The molecule has 0 saturated heterocycles. The van der Waals surface area contributed by atoms with Crippen LogP contribution >= 0.6 is 0 Å². The van der Waals surface area contributed by atoms with Crippen LogP contribution in [-0.4, -0.2) is 16.0 Å². The smallest absolute Gasteiger partial charge is 0.219 e. The lowest BCUT2D eigenvalue weighted by molar-refractivity contribution is 0.456. The lowest BCUT2D eigenvalue weighted by Crippen LogP contribution is -2.22. The summed E-state index contributed by atoms with van der Waals surface area (Å²) in [5.74, 6) is 1.34. The van der Waals surface area contributed by atoms with Crippen LogP contribution in [0.25, 0.3) is 0 Å². The van der Waals surface area contributed by atoms with Crippen LogP contribution in [0.1, 0.15) is 38.4 Å². The van der Waals surface area contributed by atoms with E-state index in [1.165, 1.54) is 5.56 Å². The summed E-state index contributed by atoms with van der Waals surface area (Å²) in [7, 11) is 0. The third-order valence-electron chi connectivity index (χ3n) is 2.99. The van der Waals surface area contributed by atoms with Gasteiger partial charge in [0, 0.05) is 30.5 Å². The second kappa shape index (κ2) is 7.74. The zero-order valence-electron chi connectivity index (χ0n) is 13.0. The molecule has 112 valence electrons. The van der Waals surface area contributed by atoms with Crippen molar-refractivity contribution in [1.82, 2.24) is 15.3 Å². The molecule has 0 aromatic carbocycles. The van der Waals surface area contributed by atoms with Gasteiger partial charge in [0.2, 0.25) is 5.88 Å². The van der Waals surface area contributed by atoms with Gasteiger partial charge in [-0.2, -0.15) is 0 Å². The molecule has 0 unspecified atom stereocenters. The van der Waals surface area contributed by atoms with Gasteiger partial charge < -0.3 is 10.1 Å². The fourth-order valence-corrected chi connectivity index (χ4v) is 2.01. The summed E-state index contributed by atoms with van der Waals surface area (Å²) in [5, 5.41) is 3.43. The quantitative estimate of drug-likeness (QED) is 0.842. The molecule has 1 N–H and O–H groups in total. The van der Waals surface area contributed by atoms with E-state index in [4.69, 9.17) is 4.74 Å². The predicted molar refractivity (Wildman–Crippen MR) is 84.5 cm³/mol. The van der Waals surface area contributed by atoms with Gasteiger partial charge >= 0.3 is 0 Å². The van der Waals surface area contributed by atoms with Crippen molar-refractivity contribution in [2.75, 3.05) is 0 Å². The zero-order chi connectivity index (χ0) is 15.1. The number of rotatable bonds is 7. The van der Waals surface area contributed by atoms with Crippen molar-refractivity contribution in [3.05, 3.63) is 47.9 Å². The molecule has 0 spiro atoms. The van der Waals surface area contributed by atoms with E-state index < -0.39 is 0 Å². The standard InChI is InChI=1S/C17H23N3O/c1-4-6-15-9-14(11-19-13(2)3)10-17(20-15)21-16-7-5-8-18-12-16/h5,7-10,12-13,19H,4,6,11H2,1-3H3. The molecule has 0 fully saturated rings. The van der Waals surface area contributed by atoms with Crippen LogP contribution in [-0.2, 0) is 13.0 Å². The van der Waals surface area contributed by atoms with Crippen molar-refractivity contribution >= 4 is 0 Å². The summed E-state index contributed by atoms with van der Waals surface area (Å²) in [6.07, 6.45) is 5.45. The van der Waals surface area contributed by atoms with E-state index in [1.807, 2.05) is 18.2 Å². The summed E-state index contributed by atoms with van der Waals surface area (Å²) >= 11 is 0. The van der Waals surface area contributed by atoms with Crippen LogP contribution in [0.15, 0.2) is 36.7 Å². The van der Waals surface area contributed by atoms with Crippen LogP contribution in [0, 0.1) is 0 Å². The zero-order valence-corrected chi connectivity index (χ0v) is 13.0. The minimum Gasteiger partial charge on any atom is -0.437 e. The summed E-state index contributed by atoms with van der Waals surface area (Å²) in [6.45, 7) is 7.26. The Morgan fingerprint density at radius 1 is 1.29 bits per heavy atom. The first-order valence-corrected chi connectivity index (χ1v) is 7.48. The SMILES string of the molecule is CCCc1cc(CNC(C)C)cc(Oc2cccnc2)n1. The van der Waals surface area contributed by atoms with Crippen molar-refractivity contribution in [1.29, 1.82) is 0 Å². The Kier molecular flexibility index (Phi) is 5.69. The maximum Gasteiger partial charge on any atom is 0.219 e. The first-order chi connectivity index (χ1) is 10.2. The van der Waals surface area contributed by atoms with Gasteiger partial charge in [0.1, 0.15) is 5.75 Å². The van der Waals surface area contributed by atoms with Crippen LogP contribution in [0.2, 0.25) is 0 Å². The third kappa shape index (κ3) is 5.16. The molecule has 0 aliphatic carbocycles. The van der Waals surface area contributed by atoms with E-state index in [0.717, 1.165) is 25.1 Å². The predicted octanol–water partition coefficient (Wildman–Crippen LogP) is 3.72. The molecular weight excluding hydrogens is 262 g/mol. The van der Waals surface area contributed by atoms with Gasteiger partial charge in [-0.3, -0.25) is 4.98 Å². The first kappa shape index (κ1) is 15.4. The molecule has 4 nitrogen and oxygen atoms in total. The molecule has 2 heterocycles. The molecule has 0 aliphatic heterocycles. The van der Waals surface area contributed by atoms with Gasteiger partial charge in [-0.1, -0.05) is 27.2 Å². The molecule has 21 heavy (non-hydrogen) atoms. The fraction of sp³-hybridized carbons (Fsp3) is 0.412. The Morgan fingerprint density at radius 3 is 2.81 bits per heavy atom. The summed E-state index contributed by atoms with van der Waals surface area (Å²) in [5.41, 5.74) is 2.26. The van der Waals surface area contributed by atoms with Crippen molar-refractivity contribution in [2.45, 2.75) is 46.2 Å². The van der Waals surface area contributed by atoms with Gasteiger partial charge in [0.05, 0.1) is 6.20 Å². The maximum absolute atomic E-state index is 5.81. The summed E-state index contributed by atoms with van der Waals surface area (Å²) in [6, 6.07) is 8.33. The highest BCUT2D eigenvalue weighted by Crippen LogP contribution is 2.20. The molecule has 0 atom stereocenters. The van der Waals surface area contributed by atoms with Crippen molar-refractivity contribution in [3.63, 3.8) is 0 Å². The fourth-order valence-electron chi connectivity index (χ4n) is 2.01. The molecule has 0 amide bonds. The second-order valence-corrected chi connectivity index (χ2v) is 5.38. The maximum atomic E-state index is 5.81. The Labute approximate surface area is 126 Å². The number of nitrogens with one attached hydrogen (secondary N) is 1. The molecule has 2 rings (SSSR count).